The van der Waals surface area contributed by atoms with Crippen molar-refractivity contribution in [3.63, 3.8) is 0 Å². The highest BCUT2D eigenvalue weighted by Gasteiger charge is 2.46. The molecule has 1 unspecified atom stereocenters. The maximum absolute atomic E-state index is 13.4. The van der Waals surface area contributed by atoms with Crippen LogP contribution in [0, 0.1) is 13.8 Å². The molecule has 7 nitrogen and oxygen atoms in total. The van der Waals surface area contributed by atoms with Crippen molar-refractivity contribution in [1.29, 1.82) is 0 Å². The van der Waals surface area contributed by atoms with Crippen molar-refractivity contribution in [1.82, 2.24) is 4.98 Å². The van der Waals surface area contributed by atoms with E-state index in [1.165, 1.54) is 22.5 Å². The molecule has 0 saturated heterocycles. The van der Waals surface area contributed by atoms with Crippen molar-refractivity contribution >= 4 is 28.7 Å². The number of carbonyl (C=O) groups excluding carboxylic acids is 2. The number of aromatic nitrogens is 1. The highest BCUT2D eigenvalue weighted by atomic mass is 32.1. The van der Waals surface area contributed by atoms with Crippen molar-refractivity contribution < 1.29 is 23.8 Å². The van der Waals surface area contributed by atoms with Crippen LogP contribution in [-0.2, 0) is 4.79 Å². The number of hydrogen-bond acceptors (Lipinski definition) is 7. The number of aliphatic hydroxyl groups excluding tert-OH is 1. The summed E-state index contributed by atoms with van der Waals surface area (Å²) in [7, 11) is 0. The van der Waals surface area contributed by atoms with E-state index in [4.69, 9.17) is 9.15 Å². The fourth-order valence-electron chi connectivity index (χ4n) is 3.57. The first-order valence-electron chi connectivity index (χ1n) is 9.44. The molecule has 1 N–H and O–H groups in total. The predicted molar refractivity (Wildman–Crippen MR) is 112 cm³/mol. The summed E-state index contributed by atoms with van der Waals surface area (Å²) < 4.78 is 11.1. The average molecular weight is 424 g/mol. The van der Waals surface area contributed by atoms with Crippen LogP contribution in [0.25, 0.3) is 0 Å². The SMILES string of the molecule is CCOc1cccc(N2C(=O)C(O)=C(C(=O)c3sc(C)nc3C)C2c2ccco2)c1. The number of aliphatic hydroxyl groups is 1. The summed E-state index contributed by atoms with van der Waals surface area (Å²) in [5.74, 6) is -0.750. The van der Waals surface area contributed by atoms with Gasteiger partial charge in [0.05, 0.1) is 34.0 Å². The summed E-state index contributed by atoms with van der Waals surface area (Å²) in [6.45, 7) is 5.87. The van der Waals surface area contributed by atoms with Crippen LogP contribution in [0.3, 0.4) is 0 Å². The lowest BCUT2D eigenvalue weighted by atomic mass is 9.99. The maximum atomic E-state index is 13.4. The highest BCUT2D eigenvalue weighted by molar-refractivity contribution is 7.14. The van der Waals surface area contributed by atoms with E-state index in [0.717, 1.165) is 5.01 Å². The molecule has 1 atom stereocenters. The van der Waals surface area contributed by atoms with Crippen molar-refractivity contribution in [2.24, 2.45) is 0 Å². The number of thiazole rings is 1. The number of nitrogens with zero attached hydrogens (tertiary/aromatic N) is 2. The molecule has 0 spiro atoms. The normalized spacial score (nSPS) is 16.4. The molecule has 4 rings (SSSR count). The van der Waals surface area contributed by atoms with Gasteiger partial charge in [-0.1, -0.05) is 6.07 Å². The van der Waals surface area contributed by atoms with E-state index < -0.39 is 23.5 Å². The monoisotopic (exact) mass is 424 g/mol. The van der Waals surface area contributed by atoms with Gasteiger partial charge >= 0.3 is 0 Å². The number of amides is 1. The molecule has 1 aliphatic rings. The maximum Gasteiger partial charge on any atom is 0.294 e. The molecule has 0 fully saturated rings. The van der Waals surface area contributed by atoms with Crippen LogP contribution in [0.15, 0.2) is 58.4 Å². The minimum absolute atomic E-state index is 0.0245. The lowest BCUT2D eigenvalue weighted by molar-refractivity contribution is -0.117. The fourth-order valence-corrected chi connectivity index (χ4v) is 4.45. The number of ether oxygens (including phenoxy) is 1. The molecule has 0 aliphatic carbocycles. The van der Waals surface area contributed by atoms with Crippen LogP contribution in [0.5, 0.6) is 5.75 Å². The summed E-state index contributed by atoms with van der Waals surface area (Å²) in [6, 6.07) is 9.39. The molecule has 8 heteroatoms. The molecule has 3 heterocycles. The number of ketones is 1. The van der Waals surface area contributed by atoms with Crippen LogP contribution >= 0.6 is 11.3 Å². The minimum atomic E-state index is -0.904. The summed E-state index contributed by atoms with van der Waals surface area (Å²) in [6.07, 6.45) is 1.47. The zero-order valence-electron chi connectivity index (χ0n) is 16.7. The lowest BCUT2D eigenvalue weighted by Crippen LogP contribution is -2.30. The Morgan fingerprint density at radius 1 is 1.30 bits per heavy atom. The van der Waals surface area contributed by atoms with Crippen LogP contribution in [0.4, 0.5) is 5.69 Å². The van der Waals surface area contributed by atoms with Crippen molar-refractivity contribution in [3.05, 3.63) is 75.3 Å². The molecule has 1 aliphatic heterocycles. The third kappa shape index (κ3) is 3.29. The predicted octanol–water partition coefficient (Wildman–Crippen LogP) is 4.53. The van der Waals surface area contributed by atoms with Gasteiger partial charge < -0.3 is 14.3 Å². The molecule has 3 aromatic rings. The zero-order chi connectivity index (χ0) is 21.4. The Morgan fingerprint density at radius 2 is 2.10 bits per heavy atom. The molecule has 2 aromatic heterocycles. The molecular formula is C22H20N2O5S. The Kier molecular flexibility index (Phi) is 5.17. The van der Waals surface area contributed by atoms with Gasteiger partial charge in [0.1, 0.15) is 17.6 Å². The quantitative estimate of drug-likeness (QED) is 0.584. The summed E-state index contributed by atoms with van der Waals surface area (Å²) in [5, 5.41) is 11.5. The van der Waals surface area contributed by atoms with E-state index in [-0.39, 0.29) is 5.57 Å². The van der Waals surface area contributed by atoms with Gasteiger partial charge in [-0.05, 0) is 45.0 Å². The van der Waals surface area contributed by atoms with Gasteiger partial charge in [0.15, 0.2) is 5.76 Å². The third-order valence-electron chi connectivity index (χ3n) is 4.78. The number of furan rings is 1. The first kappa shape index (κ1) is 19.9. The summed E-state index contributed by atoms with van der Waals surface area (Å²) in [5.41, 5.74) is 1.02. The number of aryl methyl sites for hydroxylation is 2. The summed E-state index contributed by atoms with van der Waals surface area (Å²) >= 11 is 1.23. The molecule has 1 amide bonds. The van der Waals surface area contributed by atoms with E-state index in [2.05, 4.69) is 4.98 Å². The number of hydrogen-bond donors (Lipinski definition) is 1. The lowest BCUT2D eigenvalue weighted by Gasteiger charge is -2.25. The Hall–Kier alpha value is -3.39. The van der Waals surface area contributed by atoms with Gasteiger partial charge in [0.25, 0.3) is 5.91 Å². The Balaban J connectivity index is 1.84. The number of Topliss-reactive ketones (excluding diaryl/α,β-unsaturated/α-hetero) is 1. The molecule has 0 radical (unpaired) electrons. The van der Waals surface area contributed by atoms with Gasteiger partial charge in [-0.3, -0.25) is 14.5 Å². The number of rotatable bonds is 6. The summed E-state index contributed by atoms with van der Waals surface area (Å²) in [4.78, 5) is 32.5. The van der Waals surface area contributed by atoms with Gasteiger partial charge in [-0.25, -0.2) is 4.98 Å². The smallest absolute Gasteiger partial charge is 0.294 e. The molecule has 30 heavy (non-hydrogen) atoms. The second-order valence-electron chi connectivity index (χ2n) is 6.76. The van der Waals surface area contributed by atoms with Gasteiger partial charge in [-0.2, -0.15) is 0 Å². The molecule has 0 bridgehead atoms. The minimum Gasteiger partial charge on any atom is -0.503 e. The van der Waals surface area contributed by atoms with Crippen molar-refractivity contribution in [2.75, 3.05) is 11.5 Å². The number of benzene rings is 1. The van der Waals surface area contributed by atoms with E-state index >= 15 is 0 Å². The second kappa shape index (κ2) is 7.79. The fraction of sp³-hybridized carbons (Fsp3) is 0.227. The highest BCUT2D eigenvalue weighted by Crippen LogP contribution is 2.43. The second-order valence-corrected chi connectivity index (χ2v) is 7.97. The topological polar surface area (TPSA) is 92.9 Å². The van der Waals surface area contributed by atoms with Crippen LogP contribution < -0.4 is 9.64 Å². The first-order valence-corrected chi connectivity index (χ1v) is 10.3. The van der Waals surface area contributed by atoms with E-state index in [1.54, 1.807) is 50.2 Å². The van der Waals surface area contributed by atoms with E-state index in [1.807, 2.05) is 6.92 Å². The van der Waals surface area contributed by atoms with Crippen LogP contribution in [0.2, 0.25) is 0 Å². The number of anilines is 1. The van der Waals surface area contributed by atoms with Crippen LogP contribution in [-0.4, -0.2) is 28.4 Å². The van der Waals surface area contributed by atoms with Crippen molar-refractivity contribution in [2.45, 2.75) is 26.8 Å². The zero-order valence-corrected chi connectivity index (χ0v) is 17.5. The Labute approximate surface area is 177 Å². The van der Waals surface area contributed by atoms with E-state index in [9.17, 15) is 14.7 Å². The number of carbonyl (C=O) groups is 2. The Morgan fingerprint density at radius 3 is 2.73 bits per heavy atom. The van der Waals surface area contributed by atoms with Gasteiger partial charge in [-0.15, -0.1) is 11.3 Å². The van der Waals surface area contributed by atoms with Gasteiger partial charge in [0.2, 0.25) is 5.78 Å². The molecule has 1 aromatic carbocycles. The standard InChI is InChI=1S/C22H20N2O5S/c1-4-28-15-8-5-7-14(11-15)24-18(16-9-6-10-29-16)17(20(26)22(24)27)19(25)21-12(2)23-13(3)30-21/h5-11,18,26H,4H2,1-3H3. The molecule has 154 valence electrons. The third-order valence-corrected chi connectivity index (χ3v) is 5.85. The van der Waals surface area contributed by atoms with Gasteiger partial charge in [0, 0.05) is 11.8 Å². The van der Waals surface area contributed by atoms with E-state index in [0.29, 0.717) is 34.4 Å². The first-order chi connectivity index (χ1) is 14.4. The Bertz CT molecular complexity index is 1150. The van der Waals surface area contributed by atoms with Crippen molar-refractivity contribution in [3.8, 4) is 5.75 Å². The molecule has 0 saturated carbocycles. The largest absolute Gasteiger partial charge is 0.503 e. The van der Waals surface area contributed by atoms with Crippen LogP contribution in [0.1, 0.15) is 39.1 Å². The average Bonchev–Trinajstić information content (AvgIpc) is 3.41. The molecular weight excluding hydrogens is 404 g/mol.